The van der Waals surface area contributed by atoms with Crippen LogP contribution in [0.1, 0.15) is 24.8 Å². The van der Waals surface area contributed by atoms with Crippen LogP contribution in [0.25, 0.3) is 0 Å². The summed E-state index contributed by atoms with van der Waals surface area (Å²) in [5, 5.41) is 3.88. The first-order valence-electron chi connectivity index (χ1n) is 8.63. The third kappa shape index (κ3) is 4.46. The third-order valence-corrected chi connectivity index (χ3v) is 7.03. The molecule has 1 saturated heterocycles. The lowest BCUT2D eigenvalue weighted by Gasteiger charge is -2.33. The third-order valence-electron chi connectivity index (χ3n) is 4.62. The van der Waals surface area contributed by atoms with Gasteiger partial charge in [-0.3, -0.25) is 4.79 Å². The molecule has 2 aromatic carbocycles. The molecule has 27 heavy (non-hydrogen) atoms. The van der Waals surface area contributed by atoms with Gasteiger partial charge in [0.15, 0.2) is 0 Å². The van der Waals surface area contributed by atoms with E-state index in [1.165, 1.54) is 28.6 Å². The van der Waals surface area contributed by atoms with E-state index in [0.717, 1.165) is 18.4 Å². The number of nitrogens with one attached hydrogen (secondary N) is 1. The van der Waals surface area contributed by atoms with Crippen molar-refractivity contribution in [1.29, 1.82) is 0 Å². The predicted molar refractivity (Wildman–Crippen MR) is 108 cm³/mol. The smallest absolute Gasteiger partial charge is 0.243 e. The van der Waals surface area contributed by atoms with E-state index in [0.29, 0.717) is 28.7 Å². The van der Waals surface area contributed by atoms with Gasteiger partial charge in [0.1, 0.15) is 6.04 Å². The van der Waals surface area contributed by atoms with E-state index < -0.39 is 16.1 Å². The highest BCUT2D eigenvalue weighted by atomic mass is 35.5. The Balaban J connectivity index is 1.86. The zero-order valence-corrected chi connectivity index (χ0v) is 17.1. The van der Waals surface area contributed by atoms with Gasteiger partial charge < -0.3 is 5.32 Å². The molecule has 0 radical (unpaired) electrons. The molecule has 0 unspecified atom stereocenters. The van der Waals surface area contributed by atoms with Crippen molar-refractivity contribution in [2.24, 2.45) is 0 Å². The Morgan fingerprint density at radius 1 is 1.07 bits per heavy atom. The van der Waals surface area contributed by atoms with E-state index in [-0.39, 0.29) is 10.8 Å². The van der Waals surface area contributed by atoms with Gasteiger partial charge in [-0.2, -0.15) is 4.31 Å². The molecule has 1 aliphatic heterocycles. The number of rotatable bonds is 4. The van der Waals surface area contributed by atoms with Gasteiger partial charge in [0.2, 0.25) is 15.9 Å². The highest BCUT2D eigenvalue weighted by Gasteiger charge is 2.37. The predicted octanol–water partition coefficient (Wildman–Crippen LogP) is 4.48. The normalized spacial score (nSPS) is 18.3. The van der Waals surface area contributed by atoms with E-state index in [1.54, 1.807) is 18.2 Å². The second-order valence-corrected chi connectivity index (χ2v) is 9.29. The topological polar surface area (TPSA) is 66.5 Å². The van der Waals surface area contributed by atoms with Crippen molar-refractivity contribution < 1.29 is 13.2 Å². The van der Waals surface area contributed by atoms with Crippen molar-refractivity contribution in [2.75, 3.05) is 11.9 Å². The molecule has 3 rings (SSSR count). The molecular weight excluding hydrogens is 407 g/mol. The molecule has 1 amide bonds. The van der Waals surface area contributed by atoms with Crippen LogP contribution < -0.4 is 5.32 Å². The first kappa shape index (κ1) is 20.1. The molecule has 0 saturated carbocycles. The summed E-state index contributed by atoms with van der Waals surface area (Å²) < 4.78 is 27.4. The summed E-state index contributed by atoms with van der Waals surface area (Å²) >= 11 is 11.8. The number of benzene rings is 2. The van der Waals surface area contributed by atoms with Crippen LogP contribution in [0.15, 0.2) is 47.4 Å². The number of piperidine rings is 1. The van der Waals surface area contributed by atoms with Crippen molar-refractivity contribution in [3.05, 3.63) is 58.1 Å². The zero-order valence-electron chi connectivity index (χ0n) is 14.8. The maximum absolute atomic E-state index is 13.1. The van der Waals surface area contributed by atoms with Gasteiger partial charge in [-0.1, -0.05) is 29.6 Å². The minimum atomic E-state index is -3.79. The second-order valence-electron chi connectivity index (χ2n) is 6.53. The molecule has 0 spiro atoms. The number of amides is 1. The summed E-state index contributed by atoms with van der Waals surface area (Å²) in [6.45, 7) is 2.15. The van der Waals surface area contributed by atoms with Crippen molar-refractivity contribution in [1.82, 2.24) is 4.31 Å². The number of sulfonamides is 1. The van der Waals surface area contributed by atoms with Crippen molar-refractivity contribution in [3.8, 4) is 0 Å². The van der Waals surface area contributed by atoms with Crippen molar-refractivity contribution in [2.45, 2.75) is 37.1 Å². The van der Waals surface area contributed by atoms with E-state index >= 15 is 0 Å². The fraction of sp³-hybridized carbons (Fsp3) is 0.316. The number of hydrogen-bond donors (Lipinski definition) is 1. The van der Waals surface area contributed by atoms with E-state index in [2.05, 4.69) is 5.32 Å². The van der Waals surface area contributed by atoms with E-state index in [4.69, 9.17) is 23.2 Å². The fourth-order valence-electron chi connectivity index (χ4n) is 3.18. The average molecular weight is 427 g/mol. The van der Waals surface area contributed by atoms with Crippen LogP contribution in [0.4, 0.5) is 5.69 Å². The first-order valence-corrected chi connectivity index (χ1v) is 10.8. The number of halogens is 2. The Kier molecular flexibility index (Phi) is 6.11. The van der Waals surface area contributed by atoms with Crippen molar-refractivity contribution in [3.63, 3.8) is 0 Å². The minimum Gasteiger partial charge on any atom is -0.324 e. The molecule has 1 fully saturated rings. The summed E-state index contributed by atoms with van der Waals surface area (Å²) in [6, 6.07) is 10.4. The van der Waals surface area contributed by atoms with Crippen LogP contribution in [-0.4, -0.2) is 31.2 Å². The Bertz CT molecular complexity index is 946. The van der Waals surface area contributed by atoms with Crippen LogP contribution in [-0.2, 0) is 14.8 Å². The summed E-state index contributed by atoms with van der Waals surface area (Å²) in [7, 11) is -3.79. The second kappa shape index (κ2) is 8.19. The lowest BCUT2D eigenvalue weighted by Crippen LogP contribution is -2.49. The number of anilines is 1. The summed E-state index contributed by atoms with van der Waals surface area (Å²) in [4.78, 5) is 13.0. The van der Waals surface area contributed by atoms with Gasteiger partial charge >= 0.3 is 0 Å². The molecule has 5 nitrogen and oxygen atoms in total. The highest BCUT2D eigenvalue weighted by Crippen LogP contribution is 2.28. The Morgan fingerprint density at radius 2 is 1.74 bits per heavy atom. The Morgan fingerprint density at radius 3 is 2.41 bits per heavy atom. The van der Waals surface area contributed by atoms with Crippen LogP contribution >= 0.6 is 23.2 Å². The minimum absolute atomic E-state index is 0.134. The number of hydrogen-bond acceptors (Lipinski definition) is 3. The molecule has 0 aromatic heterocycles. The molecule has 144 valence electrons. The molecule has 1 N–H and O–H groups in total. The van der Waals surface area contributed by atoms with Crippen molar-refractivity contribution >= 4 is 44.8 Å². The van der Waals surface area contributed by atoms with E-state index in [9.17, 15) is 13.2 Å². The number of nitrogens with zero attached hydrogens (tertiary/aromatic N) is 1. The molecule has 2 aromatic rings. The van der Waals surface area contributed by atoms with Gasteiger partial charge in [0.25, 0.3) is 0 Å². The molecule has 1 aliphatic rings. The molecule has 0 bridgehead atoms. The quantitative estimate of drug-likeness (QED) is 0.782. The summed E-state index contributed by atoms with van der Waals surface area (Å²) in [5.74, 6) is -0.335. The number of aryl methyl sites for hydroxylation is 1. The molecule has 1 heterocycles. The van der Waals surface area contributed by atoms with Gasteiger partial charge in [0, 0.05) is 22.3 Å². The molecule has 1 atom stereocenters. The van der Waals surface area contributed by atoms with Gasteiger partial charge in [-0.05, 0) is 67.8 Å². The number of carbonyl (C=O) groups excluding carboxylic acids is 1. The Hall–Kier alpha value is -1.60. The fourth-order valence-corrected chi connectivity index (χ4v) is 5.19. The maximum atomic E-state index is 13.1. The lowest BCUT2D eigenvalue weighted by atomic mass is 10.0. The standard InChI is InChI=1S/C19H20Cl2N2O3S/c1-13-12-15(21)7-10-17(13)22-19(24)18-4-2-3-11-23(18)27(25,26)16-8-5-14(20)6-9-16/h5-10,12,18H,2-4,11H2,1H3,(H,22,24)/t18-/m1/s1. The van der Waals surface area contributed by atoms with Crippen LogP contribution in [0.2, 0.25) is 10.0 Å². The zero-order chi connectivity index (χ0) is 19.6. The molecule has 0 aliphatic carbocycles. The van der Waals surface area contributed by atoms with Gasteiger partial charge in [-0.15, -0.1) is 0 Å². The lowest BCUT2D eigenvalue weighted by molar-refractivity contribution is -0.120. The van der Waals surface area contributed by atoms with Crippen LogP contribution in [0.5, 0.6) is 0 Å². The summed E-state index contributed by atoms with van der Waals surface area (Å²) in [5.41, 5.74) is 1.44. The summed E-state index contributed by atoms with van der Waals surface area (Å²) in [6.07, 6.45) is 1.99. The SMILES string of the molecule is Cc1cc(Cl)ccc1NC(=O)[C@H]1CCCCN1S(=O)(=O)c1ccc(Cl)cc1. The number of carbonyl (C=O) groups is 1. The monoisotopic (exact) mass is 426 g/mol. The van der Waals surface area contributed by atoms with Crippen LogP contribution in [0, 0.1) is 6.92 Å². The van der Waals surface area contributed by atoms with E-state index in [1.807, 2.05) is 6.92 Å². The Labute approximate surface area is 169 Å². The molecular formula is C19H20Cl2N2O3S. The highest BCUT2D eigenvalue weighted by molar-refractivity contribution is 7.89. The van der Waals surface area contributed by atoms with Gasteiger partial charge in [0.05, 0.1) is 4.90 Å². The maximum Gasteiger partial charge on any atom is 0.243 e. The van der Waals surface area contributed by atoms with Gasteiger partial charge in [-0.25, -0.2) is 8.42 Å². The average Bonchev–Trinajstić information content (AvgIpc) is 2.64. The van der Waals surface area contributed by atoms with Crippen LogP contribution in [0.3, 0.4) is 0 Å². The largest absolute Gasteiger partial charge is 0.324 e. The first-order chi connectivity index (χ1) is 12.8. The molecule has 8 heteroatoms.